The molecule has 0 unspecified atom stereocenters. The van der Waals surface area contributed by atoms with Crippen molar-refractivity contribution in [2.45, 2.75) is 25.3 Å². The van der Waals surface area contributed by atoms with Gasteiger partial charge in [0.25, 0.3) is 11.5 Å². The van der Waals surface area contributed by atoms with E-state index in [4.69, 9.17) is 4.52 Å². The minimum absolute atomic E-state index is 0.251. The van der Waals surface area contributed by atoms with Gasteiger partial charge in [-0.2, -0.15) is 10.4 Å². The molecule has 218 valence electrons. The summed E-state index contributed by atoms with van der Waals surface area (Å²) in [5.74, 6) is -2.23. The maximum absolute atomic E-state index is 13.1. The van der Waals surface area contributed by atoms with Gasteiger partial charge in [-0.3, -0.25) is 23.7 Å². The number of amides is 1. The van der Waals surface area contributed by atoms with Crippen molar-refractivity contribution >= 4 is 11.6 Å². The van der Waals surface area contributed by atoms with Crippen LogP contribution >= 0.6 is 0 Å². The van der Waals surface area contributed by atoms with Crippen LogP contribution in [-0.2, 0) is 13.6 Å². The van der Waals surface area contributed by atoms with Crippen molar-refractivity contribution < 1.29 is 14.4 Å². The maximum Gasteiger partial charge on any atom is 0.296 e. The monoisotopic (exact) mass is 571 g/mol. The second kappa shape index (κ2) is 12.4. The average Bonchev–Trinajstić information content (AvgIpc) is 3.68. The molecular formula is C29H33N9O4. The number of likely N-dealkylation sites (N-methyl/N-ethyl adjacent to an activating group) is 1. The fourth-order valence-corrected chi connectivity index (χ4v) is 5.36. The van der Waals surface area contributed by atoms with Crippen LogP contribution in [0.15, 0.2) is 58.4 Å². The lowest BCUT2D eigenvalue weighted by atomic mass is 9.80. The number of benzene rings is 1. The maximum atomic E-state index is 13.1. The summed E-state index contributed by atoms with van der Waals surface area (Å²) in [6.07, 6.45) is 6.24. The first-order valence-electron chi connectivity index (χ1n) is 13.7. The second-order valence-corrected chi connectivity index (χ2v) is 10.5. The SMILES string of the molecule is C[C@@H](c1nc(C(=O)Nc2cnoc2)c(O)c(=O)n1C)[C@@H](c1cnn(CCN2CCN(C)CC2)c1)c1ccccc1C#N. The molecule has 2 atom stereocenters. The zero-order chi connectivity index (χ0) is 29.8. The molecular weight excluding hydrogens is 538 g/mol. The quantitative estimate of drug-likeness (QED) is 0.304. The predicted molar refractivity (Wildman–Crippen MR) is 153 cm³/mol. The van der Waals surface area contributed by atoms with Crippen molar-refractivity contribution in [3.05, 3.63) is 87.7 Å². The number of nitriles is 1. The van der Waals surface area contributed by atoms with Crippen LogP contribution in [0.5, 0.6) is 5.75 Å². The molecule has 1 aromatic carbocycles. The molecule has 13 nitrogen and oxygen atoms in total. The molecule has 3 aromatic heterocycles. The molecule has 1 fully saturated rings. The third-order valence-corrected chi connectivity index (χ3v) is 7.78. The number of aromatic nitrogens is 5. The summed E-state index contributed by atoms with van der Waals surface area (Å²) in [5.41, 5.74) is 1.12. The number of carbonyl (C=O) groups excluding carboxylic acids is 1. The Bertz CT molecular complexity index is 1650. The molecule has 2 N–H and O–H groups in total. The third kappa shape index (κ3) is 5.95. The number of hydrogen-bond acceptors (Lipinski definition) is 10. The normalized spacial score (nSPS) is 15.7. The van der Waals surface area contributed by atoms with Crippen LogP contribution in [0.2, 0.25) is 0 Å². The summed E-state index contributed by atoms with van der Waals surface area (Å²) in [5, 5.41) is 31.2. The smallest absolute Gasteiger partial charge is 0.296 e. The molecule has 0 radical (unpaired) electrons. The van der Waals surface area contributed by atoms with Gasteiger partial charge >= 0.3 is 0 Å². The Morgan fingerprint density at radius 3 is 2.64 bits per heavy atom. The summed E-state index contributed by atoms with van der Waals surface area (Å²) in [6.45, 7) is 7.52. The number of piperazine rings is 1. The Kier molecular flexibility index (Phi) is 8.46. The number of nitrogens with zero attached hydrogens (tertiary/aromatic N) is 8. The Balaban J connectivity index is 1.50. The highest BCUT2D eigenvalue weighted by Gasteiger charge is 2.31. The number of hydrogen-bond donors (Lipinski definition) is 2. The van der Waals surface area contributed by atoms with E-state index < -0.39 is 34.7 Å². The molecule has 42 heavy (non-hydrogen) atoms. The van der Waals surface area contributed by atoms with Crippen LogP contribution in [0.25, 0.3) is 0 Å². The van der Waals surface area contributed by atoms with E-state index in [1.165, 1.54) is 24.1 Å². The number of aromatic hydroxyl groups is 1. The molecule has 4 aromatic rings. The van der Waals surface area contributed by atoms with E-state index in [9.17, 15) is 20.0 Å². The van der Waals surface area contributed by atoms with E-state index in [1.807, 2.05) is 29.9 Å². The molecule has 0 bridgehead atoms. The summed E-state index contributed by atoms with van der Waals surface area (Å²) in [6, 6.07) is 9.55. The fourth-order valence-electron chi connectivity index (χ4n) is 5.36. The van der Waals surface area contributed by atoms with Crippen molar-refractivity contribution in [3.63, 3.8) is 0 Å². The van der Waals surface area contributed by atoms with Crippen molar-refractivity contribution in [3.8, 4) is 11.8 Å². The second-order valence-electron chi connectivity index (χ2n) is 10.5. The van der Waals surface area contributed by atoms with Crippen LogP contribution in [0.3, 0.4) is 0 Å². The lowest BCUT2D eigenvalue weighted by Gasteiger charge is -2.32. The van der Waals surface area contributed by atoms with Gasteiger partial charge in [0.05, 0.1) is 30.6 Å². The first-order chi connectivity index (χ1) is 20.3. The molecule has 1 amide bonds. The molecule has 0 saturated carbocycles. The lowest BCUT2D eigenvalue weighted by Crippen LogP contribution is -2.45. The number of nitrogens with one attached hydrogen (secondary N) is 1. The highest BCUT2D eigenvalue weighted by molar-refractivity contribution is 6.04. The molecule has 1 aliphatic heterocycles. The summed E-state index contributed by atoms with van der Waals surface area (Å²) in [4.78, 5) is 35.3. The van der Waals surface area contributed by atoms with E-state index in [2.05, 4.69) is 43.5 Å². The summed E-state index contributed by atoms with van der Waals surface area (Å²) < 4.78 is 7.87. The van der Waals surface area contributed by atoms with Gasteiger partial charge in [-0.25, -0.2) is 4.98 Å². The van der Waals surface area contributed by atoms with Crippen LogP contribution in [0, 0.1) is 11.3 Å². The third-order valence-electron chi connectivity index (χ3n) is 7.78. The van der Waals surface area contributed by atoms with E-state index >= 15 is 0 Å². The largest absolute Gasteiger partial charge is 0.501 e. The first kappa shape index (κ1) is 28.7. The minimum atomic E-state index is -0.785. The van der Waals surface area contributed by atoms with Gasteiger partial charge in [0.15, 0.2) is 5.69 Å². The van der Waals surface area contributed by atoms with Gasteiger partial charge in [-0.1, -0.05) is 30.3 Å². The number of anilines is 1. The number of rotatable bonds is 9. The molecule has 0 aliphatic carbocycles. The predicted octanol–water partition coefficient (Wildman–Crippen LogP) is 1.98. The minimum Gasteiger partial charge on any atom is -0.501 e. The zero-order valence-electron chi connectivity index (χ0n) is 23.8. The Labute approximate surface area is 242 Å². The van der Waals surface area contributed by atoms with Crippen molar-refractivity contribution in [1.29, 1.82) is 5.26 Å². The van der Waals surface area contributed by atoms with Gasteiger partial charge < -0.3 is 19.8 Å². The Morgan fingerprint density at radius 1 is 1.17 bits per heavy atom. The molecule has 1 aliphatic rings. The summed E-state index contributed by atoms with van der Waals surface area (Å²) >= 11 is 0. The Morgan fingerprint density at radius 2 is 1.93 bits per heavy atom. The number of carbonyl (C=O) groups is 1. The van der Waals surface area contributed by atoms with Gasteiger partial charge in [0, 0.05) is 57.8 Å². The van der Waals surface area contributed by atoms with E-state index in [0.717, 1.165) is 43.9 Å². The Hall–Kier alpha value is -4.80. The van der Waals surface area contributed by atoms with Crippen molar-refractivity contribution in [1.82, 2.24) is 34.3 Å². The van der Waals surface area contributed by atoms with E-state index in [-0.39, 0.29) is 11.5 Å². The first-order valence-corrected chi connectivity index (χ1v) is 13.7. The molecule has 0 spiro atoms. The topological polar surface area (TPSA) is 158 Å². The lowest BCUT2D eigenvalue weighted by molar-refractivity contribution is 0.101. The molecule has 13 heteroatoms. The summed E-state index contributed by atoms with van der Waals surface area (Å²) in [7, 11) is 3.62. The van der Waals surface area contributed by atoms with Gasteiger partial charge in [-0.05, 0) is 24.2 Å². The molecule has 5 rings (SSSR count). The molecule has 4 heterocycles. The average molecular weight is 572 g/mol. The van der Waals surface area contributed by atoms with Crippen LogP contribution in [0.1, 0.15) is 51.8 Å². The van der Waals surface area contributed by atoms with Crippen LogP contribution in [0.4, 0.5) is 5.69 Å². The van der Waals surface area contributed by atoms with E-state index in [1.54, 1.807) is 18.3 Å². The van der Waals surface area contributed by atoms with Crippen LogP contribution in [-0.4, -0.2) is 85.1 Å². The van der Waals surface area contributed by atoms with Gasteiger partial charge in [-0.15, -0.1) is 0 Å². The van der Waals surface area contributed by atoms with Gasteiger partial charge in [0.2, 0.25) is 5.75 Å². The molecule has 1 saturated heterocycles. The zero-order valence-corrected chi connectivity index (χ0v) is 23.8. The van der Waals surface area contributed by atoms with E-state index in [0.29, 0.717) is 12.1 Å². The standard InChI is InChI=1S/C29H33N9O4/c1-19(27-34-25(26(39)29(41)36(27)3)28(40)33-22-16-32-42-18-22)24(23-7-5-4-6-20(23)14-30)21-15-31-38(17-21)13-12-37-10-8-35(2)9-11-37/h4-7,15-19,24,39H,8-13H2,1-3H3,(H,33,40)/t19-,24+/m1/s1. The van der Waals surface area contributed by atoms with Crippen molar-refractivity contribution in [2.75, 3.05) is 45.1 Å². The fraction of sp³-hybridized carbons (Fsp3) is 0.379. The highest BCUT2D eigenvalue weighted by atomic mass is 16.5. The highest BCUT2D eigenvalue weighted by Crippen LogP contribution is 2.39. The van der Waals surface area contributed by atoms with Crippen LogP contribution < -0.4 is 10.9 Å². The van der Waals surface area contributed by atoms with Gasteiger partial charge in [0.1, 0.15) is 17.8 Å². The van der Waals surface area contributed by atoms with Crippen molar-refractivity contribution in [2.24, 2.45) is 7.05 Å².